The van der Waals surface area contributed by atoms with Crippen molar-refractivity contribution >= 4 is 41.0 Å². The molecule has 1 aromatic carbocycles. The van der Waals surface area contributed by atoms with Gasteiger partial charge in [-0.15, -0.1) is 0 Å². The lowest BCUT2D eigenvalue weighted by Crippen LogP contribution is -2.46. The zero-order chi connectivity index (χ0) is 23.4. The fourth-order valence-electron chi connectivity index (χ4n) is 3.75. The molecule has 0 bridgehead atoms. The smallest absolute Gasteiger partial charge is 0.407 e. The minimum absolute atomic E-state index is 0.127. The highest BCUT2D eigenvalue weighted by Crippen LogP contribution is 2.32. The molecule has 3 N–H and O–H groups in total. The Morgan fingerprint density at radius 1 is 1.09 bits per heavy atom. The second-order valence-corrected chi connectivity index (χ2v) is 8.46. The molecule has 10 heteroatoms. The number of hydrogen-bond donors (Lipinski definition) is 3. The van der Waals surface area contributed by atoms with Gasteiger partial charge in [0.15, 0.2) is 0 Å². The van der Waals surface area contributed by atoms with Gasteiger partial charge in [0.1, 0.15) is 5.82 Å². The number of carbonyl (C=O) groups excluding carboxylic acids is 1. The van der Waals surface area contributed by atoms with Gasteiger partial charge in [0.2, 0.25) is 5.91 Å². The highest BCUT2D eigenvalue weighted by Gasteiger charge is 2.36. The average Bonchev–Trinajstić information content (AvgIpc) is 3.16. The number of carbonyl (C=O) groups is 2. The van der Waals surface area contributed by atoms with Crippen LogP contribution in [0.2, 0.25) is 10.0 Å². The van der Waals surface area contributed by atoms with Crippen molar-refractivity contribution in [2.45, 2.75) is 52.1 Å². The molecular weight excluding hydrogens is 453 g/mol. The zero-order valence-corrected chi connectivity index (χ0v) is 19.8. The van der Waals surface area contributed by atoms with Gasteiger partial charge in [0.05, 0.1) is 34.2 Å². The first-order chi connectivity index (χ1) is 15.3. The van der Waals surface area contributed by atoms with Crippen molar-refractivity contribution in [3.8, 4) is 11.3 Å². The largest absolute Gasteiger partial charge is 0.465 e. The van der Waals surface area contributed by atoms with Crippen LogP contribution < -0.4 is 10.6 Å². The molecule has 0 spiro atoms. The van der Waals surface area contributed by atoms with Gasteiger partial charge in [-0.3, -0.25) is 4.79 Å². The monoisotopic (exact) mass is 479 g/mol. The first-order valence-electron chi connectivity index (χ1n) is 10.7. The van der Waals surface area contributed by atoms with Gasteiger partial charge in [-0.2, -0.15) is 0 Å². The summed E-state index contributed by atoms with van der Waals surface area (Å²) >= 11 is 12.5. The molecule has 0 unspecified atom stereocenters. The molecule has 3 rings (SSSR count). The Kier molecular flexibility index (Phi) is 7.79. The first-order valence-corrected chi connectivity index (χ1v) is 11.4. The molecule has 1 fully saturated rings. The van der Waals surface area contributed by atoms with Gasteiger partial charge in [0.25, 0.3) is 0 Å². The van der Waals surface area contributed by atoms with E-state index < -0.39 is 6.09 Å². The number of aryl methyl sites for hydroxylation is 2. The molecule has 2 atom stereocenters. The number of likely N-dealkylation sites (tertiary alicyclic amines) is 1. The van der Waals surface area contributed by atoms with Crippen LogP contribution in [-0.4, -0.2) is 57.1 Å². The first kappa shape index (κ1) is 24.1. The number of carboxylic acid groups (broad SMARTS) is 1. The number of nitrogens with zero attached hydrogens (tertiary/aromatic N) is 3. The van der Waals surface area contributed by atoms with E-state index in [0.717, 1.165) is 17.0 Å². The van der Waals surface area contributed by atoms with Crippen LogP contribution in [-0.2, 0) is 17.6 Å². The molecule has 1 aliphatic rings. The Bertz CT molecular complexity index is 1020. The Morgan fingerprint density at radius 2 is 1.78 bits per heavy atom. The van der Waals surface area contributed by atoms with Crippen LogP contribution in [0.3, 0.4) is 0 Å². The summed E-state index contributed by atoms with van der Waals surface area (Å²) in [4.78, 5) is 34.5. The molecule has 2 aromatic rings. The number of benzene rings is 1. The SMILES string of the molecule is CCC(=O)N[C@H]1CN(C(=O)O)C[C@H]1Nc1nc(CC)c(-c2ccc(Cl)cc2Cl)nc1CC. The summed E-state index contributed by atoms with van der Waals surface area (Å²) in [6.45, 7) is 6.17. The van der Waals surface area contributed by atoms with E-state index in [1.807, 2.05) is 19.9 Å². The van der Waals surface area contributed by atoms with E-state index in [4.69, 9.17) is 33.2 Å². The number of halogens is 2. The van der Waals surface area contributed by atoms with E-state index in [1.54, 1.807) is 19.1 Å². The molecule has 172 valence electrons. The predicted octanol–water partition coefficient (Wildman–Crippen LogP) is 4.24. The zero-order valence-electron chi connectivity index (χ0n) is 18.3. The topological polar surface area (TPSA) is 107 Å². The maximum atomic E-state index is 12.0. The van der Waals surface area contributed by atoms with Crippen molar-refractivity contribution in [2.75, 3.05) is 18.4 Å². The Morgan fingerprint density at radius 3 is 2.38 bits per heavy atom. The average molecular weight is 480 g/mol. The van der Waals surface area contributed by atoms with Crippen molar-refractivity contribution < 1.29 is 14.7 Å². The normalized spacial score (nSPS) is 18.0. The predicted molar refractivity (Wildman–Crippen MR) is 125 cm³/mol. The maximum absolute atomic E-state index is 12.0. The number of anilines is 1. The van der Waals surface area contributed by atoms with Crippen LogP contribution in [0.1, 0.15) is 38.6 Å². The third-order valence-electron chi connectivity index (χ3n) is 5.48. The summed E-state index contributed by atoms with van der Waals surface area (Å²) in [6.07, 6.45) is 0.543. The molecule has 8 nitrogen and oxygen atoms in total. The van der Waals surface area contributed by atoms with Crippen LogP contribution in [0.4, 0.5) is 10.6 Å². The van der Waals surface area contributed by atoms with Crippen LogP contribution in [0.15, 0.2) is 18.2 Å². The number of rotatable bonds is 7. The van der Waals surface area contributed by atoms with Crippen LogP contribution in [0, 0.1) is 0 Å². The van der Waals surface area contributed by atoms with Crippen LogP contribution >= 0.6 is 23.2 Å². The Balaban J connectivity index is 1.96. The van der Waals surface area contributed by atoms with Gasteiger partial charge in [-0.05, 0) is 31.0 Å². The summed E-state index contributed by atoms with van der Waals surface area (Å²) < 4.78 is 0. The van der Waals surface area contributed by atoms with E-state index in [2.05, 4.69) is 10.6 Å². The molecular formula is C22H27Cl2N5O3. The van der Waals surface area contributed by atoms with Crippen molar-refractivity contribution in [1.29, 1.82) is 0 Å². The number of nitrogens with one attached hydrogen (secondary N) is 2. The quantitative estimate of drug-likeness (QED) is 0.547. The highest BCUT2D eigenvalue weighted by molar-refractivity contribution is 6.36. The molecule has 2 heterocycles. The molecule has 1 aliphatic heterocycles. The minimum atomic E-state index is -1.02. The van der Waals surface area contributed by atoms with Crippen molar-refractivity contribution in [3.63, 3.8) is 0 Å². The molecule has 0 saturated carbocycles. The van der Waals surface area contributed by atoms with E-state index in [0.29, 0.717) is 40.8 Å². The van der Waals surface area contributed by atoms with Crippen LogP contribution in [0.25, 0.3) is 11.3 Å². The van der Waals surface area contributed by atoms with Gasteiger partial charge >= 0.3 is 6.09 Å². The second-order valence-electron chi connectivity index (χ2n) is 7.61. The summed E-state index contributed by atoms with van der Waals surface area (Å²) in [5.74, 6) is 0.462. The molecule has 2 amide bonds. The van der Waals surface area contributed by atoms with E-state index in [-0.39, 0.29) is 31.1 Å². The minimum Gasteiger partial charge on any atom is -0.465 e. The number of amides is 2. The van der Waals surface area contributed by atoms with Gasteiger partial charge in [-0.1, -0.05) is 44.0 Å². The third-order valence-corrected chi connectivity index (χ3v) is 6.02. The van der Waals surface area contributed by atoms with Gasteiger partial charge in [-0.25, -0.2) is 14.8 Å². The molecule has 1 saturated heterocycles. The van der Waals surface area contributed by atoms with Crippen LogP contribution in [0.5, 0.6) is 0 Å². The molecule has 0 aliphatic carbocycles. The lowest BCUT2D eigenvalue weighted by atomic mass is 10.1. The standard InChI is InChI=1S/C22H27Cl2N5O3/c1-4-15-20(13-8-7-12(23)9-14(13)24)26-16(5-2)21(27-15)28-18-11-29(22(31)32)10-17(18)25-19(30)6-3/h7-9,17-18H,4-6,10-11H2,1-3H3,(H,25,30)(H,27,28)(H,31,32)/t17-,18+/m0/s1. The lowest BCUT2D eigenvalue weighted by Gasteiger charge is -2.23. The fraction of sp³-hybridized carbons (Fsp3) is 0.455. The Hall–Kier alpha value is -2.58. The molecule has 32 heavy (non-hydrogen) atoms. The highest BCUT2D eigenvalue weighted by atomic mass is 35.5. The maximum Gasteiger partial charge on any atom is 0.407 e. The summed E-state index contributed by atoms with van der Waals surface area (Å²) in [7, 11) is 0. The summed E-state index contributed by atoms with van der Waals surface area (Å²) in [6, 6.07) is 4.59. The molecule has 0 radical (unpaired) electrons. The van der Waals surface area contributed by atoms with Gasteiger partial charge < -0.3 is 20.6 Å². The van der Waals surface area contributed by atoms with Crippen molar-refractivity contribution in [3.05, 3.63) is 39.6 Å². The third kappa shape index (κ3) is 5.24. The van der Waals surface area contributed by atoms with E-state index >= 15 is 0 Å². The second kappa shape index (κ2) is 10.4. The summed E-state index contributed by atoms with van der Waals surface area (Å²) in [5.41, 5.74) is 2.95. The van der Waals surface area contributed by atoms with E-state index in [1.165, 1.54) is 4.90 Å². The lowest BCUT2D eigenvalue weighted by molar-refractivity contribution is -0.121. The van der Waals surface area contributed by atoms with Crippen molar-refractivity contribution in [2.24, 2.45) is 0 Å². The van der Waals surface area contributed by atoms with E-state index in [9.17, 15) is 14.7 Å². The fourth-order valence-corrected chi connectivity index (χ4v) is 4.25. The van der Waals surface area contributed by atoms with Crippen molar-refractivity contribution in [1.82, 2.24) is 20.2 Å². The van der Waals surface area contributed by atoms with Gasteiger partial charge in [0, 0.05) is 30.1 Å². The summed E-state index contributed by atoms with van der Waals surface area (Å²) in [5, 5.41) is 16.7. The number of hydrogen-bond acceptors (Lipinski definition) is 5. The molecule has 1 aromatic heterocycles. The number of aromatic nitrogens is 2. The Labute approximate surface area is 197 Å².